The van der Waals surface area contributed by atoms with Crippen LogP contribution in [0.4, 0.5) is 13.2 Å². The molecule has 250 valence electrons. The number of carbonyl (C=O) groups is 1. The van der Waals surface area contributed by atoms with Gasteiger partial charge in [0.25, 0.3) is 0 Å². The van der Waals surface area contributed by atoms with Crippen LogP contribution in [0.25, 0.3) is 11.1 Å². The molecular formula is C39H42F3N5O. The van der Waals surface area contributed by atoms with E-state index in [0.29, 0.717) is 42.6 Å². The van der Waals surface area contributed by atoms with Crippen molar-refractivity contribution >= 4 is 17.5 Å². The largest absolute Gasteiger partial charge is 0.416 e. The molecule has 2 saturated carbocycles. The number of nitrogens with zero attached hydrogens (tertiary/aromatic N) is 5. The molecule has 2 heterocycles. The number of alkyl halides is 3. The predicted molar refractivity (Wildman–Crippen MR) is 183 cm³/mol. The summed E-state index contributed by atoms with van der Waals surface area (Å²) in [5, 5.41) is 6.68. The molecule has 2 aliphatic carbocycles. The minimum absolute atomic E-state index is 0.0170. The lowest BCUT2D eigenvalue weighted by Crippen LogP contribution is -2.64. The molecular weight excluding hydrogens is 611 g/mol. The Bertz CT molecular complexity index is 1730. The third-order valence-electron chi connectivity index (χ3n) is 11.1. The molecule has 3 fully saturated rings. The zero-order valence-electron chi connectivity index (χ0n) is 27.6. The Labute approximate surface area is 280 Å². The van der Waals surface area contributed by atoms with Crippen LogP contribution in [0.1, 0.15) is 62.1 Å². The zero-order chi connectivity index (χ0) is 33.6. The highest BCUT2D eigenvalue weighted by molar-refractivity contribution is 6.05. The van der Waals surface area contributed by atoms with E-state index in [1.165, 1.54) is 37.0 Å². The summed E-state index contributed by atoms with van der Waals surface area (Å²) in [6, 6.07) is 23.9. The fourth-order valence-electron chi connectivity index (χ4n) is 8.48. The van der Waals surface area contributed by atoms with E-state index in [1.807, 2.05) is 49.4 Å². The summed E-state index contributed by atoms with van der Waals surface area (Å²) in [7, 11) is 2.21. The molecule has 48 heavy (non-hydrogen) atoms. The molecule has 1 spiro atoms. The molecule has 1 amide bonds. The van der Waals surface area contributed by atoms with Crippen LogP contribution in [-0.4, -0.2) is 63.5 Å². The number of hydrazone groups is 1. The highest BCUT2D eigenvalue weighted by atomic mass is 19.4. The number of hydrogen-bond donors (Lipinski definition) is 0. The van der Waals surface area contributed by atoms with Crippen LogP contribution >= 0.6 is 0 Å². The fraction of sp³-hybridized carbons (Fsp3) is 0.410. The van der Waals surface area contributed by atoms with Gasteiger partial charge in [0.15, 0.2) is 0 Å². The van der Waals surface area contributed by atoms with Crippen LogP contribution in [0.2, 0.25) is 0 Å². The standard InChI is InChI=1S/C39H42F3N5O/c1-4-33-26(2)43-36(22-15-27-9-6-5-7-10-27)47(44-33)25-37(48)46(35-23-32-11-8-12-34-38(32,35)45(34)3)24-28-13-16-29(17-14-28)30-18-20-31(21-19-30)39(40,41)42/h5-7,9-10,13-14,16-21,32,34-35H,2,4,8,11-12,15,22-25H2,1,3H3. The minimum Gasteiger partial charge on any atom is -0.332 e. The van der Waals surface area contributed by atoms with Crippen molar-refractivity contribution in [1.82, 2.24) is 14.8 Å². The second kappa shape index (κ2) is 12.7. The van der Waals surface area contributed by atoms with Gasteiger partial charge in [0, 0.05) is 19.0 Å². The van der Waals surface area contributed by atoms with Gasteiger partial charge in [-0.25, -0.2) is 10.0 Å². The van der Waals surface area contributed by atoms with Crippen LogP contribution in [0.15, 0.2) is 101 Å². The van der Waals surface area contributed by atoms with Gasteiger partial charge < -0.3 is 4.90 Å². The number of aliphatic imine (C=N–C) groups is 1. The maximum atomic E-state index is 14.5. The van der Waals surface area contributed by atoms with Crippen molar-refractivity contribution in [3.05, 3.63) is 108 Å². The molecule has 0 N–H and O–H groups in total. The second-order valence-electron chi connectivity index (χ2n) is 13.6. The number of allylic oxidation sites excluding steroid dienone is 1. The first kappa shape index (κ1) is 32.3. The van der Waals surface area contributed by atoms with Gasteiger partial charge in [0.1, 0.15) is 12.4 Å². The summed E-state index contributed by atoms with van der Waals surface area (Å²) < 4.78 is 39.3. The van der Waals surface area contributed by atoms with Crippen LogP contribution in [-0.2, 0) is 23.9 Å². The predicted octanol–water partition coefficient (Wildman–Crippen LogP) is 7.95. The first-order valence-electron chi connectivity index (χ1n) is 17.0. The average Bonchev–Trinajstić information content (AvgIpc) is 3.72. The molecule has 3 aromatic carbocycles. The number of carbonyl (C=O) groups excluding carboxylic acids is 1. The van der Waals surface area contributed by atoms with Gasteiger partial charge in [-0.15, -0.1) is 0 Å². The third kappa shape index (κ3) is 5.87. The molecule has 0 radical (unpaired) electrons. The maximum Gasteiger partial charge on any atom is 0.416 e. The van der Waals surface area contributed by atoms with Crippen molar-refractivity contribution in [3.8, 4) is 11.1 Å². The van der Waals surface area contributed by atoms with E-state index in [9.17, 15) is 18.0 Å². The number of halogens is 3. The molecule has 4 aliphatic rings. The van der Waals surface area contributed by atoms with Gasteiger partial charge in [0.05, 0.1) is 28.6 Å². The average molecular weight is 654 g/mol. The lowest BCUT2D eigenvalue weighted by Gasteiger charge is -2.53. The van der Waals surface area contributed by atoms with Crippen LogP contribution in [0, 0.1) is 5.92 Å². The Morgan fingerprint density at radius 2 is 1.65 bits per heavy atom. The van der Waals surface area contributed by atoms with Crippen molar-refractivity contribution in [1.29, 1.82) is 0 Å². The first-order valence-corrected chi connectivity index (χ1v) is 17.0. The quantitative estimate of drug-likeness (QED) is 0.209. The molecule has 5 unspecified atom stereocenters. The fourth-order valence-corrected chi connectivity index (χ4v) is 8.48. The summed E-state index contributed by atoms with van der Waals surface area (Å²) in [6.07, 6.45) is 2.33. The van der Waals surface area contributed by atoms with E-state index in [2.05, 4.69) is 35.6 Å². The van der Waals surface area contributed by atoms with E-state index in [-0.39, 0.29) is 24.0 Å². The Morgan fingerprint density at radius 3 is 2.29 bits per heavy atom. The number of hydrogen-bond acceptors (Lipinski definition) is 5. The summed E-state index contributed by atoms with van der Waals surface area (Å²) in [6.45, 7) is 6.71. The van der Waals surface area contributed by atoms with Crippen molar-refractivity contribution in [3.63, 3.8) is 0 Å². The summed E-state index contributed by atoms with van der Waals surface area (Å²) >= 11 is 0. The lowest BCUT2D eigenvalue weighted by molar-refractivity contribution is -0.141. The zero-order valence-corrected chi connectivity index (χ0v) is 27.6. The lowest BCUT2D eigenvalue weighted by atomic mass is 9.60. The summed E-state index contributed by atoms with van der Waals surface area (Å²) in [5.74, 6) is 1.37. The number of amidine groups is 1. The molecule has 3 aromatic rings. The number of amides is 1. The van der Waals surface area contributed by atoms with Gasteiger partial charge in [-0.3, -0.25) is 9.69 Å². The SMILES string of the molecule is C=C1N=C(CCc2ccccc2)N(CC(=O)N(Cc2ccc(-c3ccc(C(F)(F)F)cc3)cc2)C2CC3CCCC4N(C)C324)N=C1CC. The van der Waals surface area contributed by atoms with Crippen LogP contribution in [0.3, 0.4) is 0 Å². The van der Waals surface area contributed by atoms with Crippen molar-refractivity contribution < 1.29 is 18.0 Å². The summed E-state index contributed by atoms with van der Waals surface area (Å²) in [4.78, 5) is 23.9. The van der Waals surface area contributed by atoms with Crippen LogP contribution in [0.5, 0.6) is 0 Å². The molecule has 2 aliphatic heterocycles. The first-order chi connectivity index (χ1) is 23.1. The van der Waals surface area contributed by atoms with Crippen LogP contribution < -0.4 is 0 Å². The molecule has 5 atom stereocenters. The van der Waals surface area contributed by atoms with Crippen molar-refractivity contribution in [2.75, 3.05) is 13.6 Å². The van der Waals surface area contributed by atoms with Gasteiger partial charge in [0.2, 0.25) is 5.91 Å². The van der Waals surface area contributed by atoms with Gasteiger partial charge in [-0.2, -0.15) is 18.3 Å². The van der Waals surface area contributed by atoms with E-state index in [1.54, 1.807) is 5.01 Å². The normalized spacial score (nSPS) is 26.1. The molecule has 1 saturated heterocycles. The number of benzene rings is 3. The molecule has 0 aromatic heterocycles. The van der Waals surface area contributed by atoms with Gasteiger partial charge >= 0.3 is 6.18 Å². The number of aryl methyl sites for hydroxylation is 1. The van der Waals surface area contributed by atoms with E-state index < -0.39 is 11.7 Å². The molecule has 7 rings (SSSR count). The Hall–Kier alpha value is -4.24. The monoisotopic (exact) mass is 653 g/mol. The van der Waals surface area contributed by atoms with Crippen molar-refractivity contribution in [2.24, 2.45) is 16.0 Å². The molecule has 6 nitrogen and oxygen atoms in total. The van der Waals surface area contributed by atoms with E-state index in [4.69, 9.17) is 10.1 Å². The number of likely N-dealkylation sites (tertiary alicyclic amines) is 1. The Morgan fingerprint density at radius 1 is 0.958 bits per heavy atom. The molecule has 9 heteroatoms. The molecule has 0 bridgehead atoms. The second-order valence-corrected chi connectivity index (χ2v) is 13.6. The summed E-state index contributed by atoms with van der Waals surface area (Å²) in [5.41, 5.74) is 4.55. The topological polar surface area (TPSA) is 51.3 Å². The maximum absolute atomic E-state index is 14.5. The highest BCUT2D eigenvalue weighted by Crippen LogP contribution is 2.65. The highest BCUT2D eigenvalue weighted by Gasteiger charge is 2.76. The van der Waals surface area contributed by atoms with Gasteiger partial charge in [-0.05, 0) is 79.5 Å². The number of likely N-dealkylation sites (N-methyl/N-ethyl adjacent to an activating group) is 1. The minimum atomic E-state index is -4.37. The third-order valence-corrected chi connectivity index (χ3v) is 11.1. The Balaban J connectivity index is 1.13. The van der Waals surface area contributed by atoms with Crippen molar-refractivity contribution in [2.45, 2.75) is 82.2 Å². The van der Waals surface area contributed by atoms with E-state index in [0.717, 1.165) is 47.6 Å². The smallest absolute Gasteiger partial charge is 0.332 e. The van der Waals surface area contributed by atoms with Gasteiger partial charge in [-0.1, -0.05) is 86.7 Å². The number of rotatable bonds is 10. The Kier molecular flexibility index (Phi) is 8.52. The van der Waals surface area contributed by atoms with E-state index >= 15 is 0 Å².